The Morgan fingerprint density at radius 2 is 1.29 bits per heavy atom. The fraction of sp³-hybridized carbons (Fsp3) is 0.350. The molecular formula is C20H23NO3. The highest BCUT2D eigenvalue weighted by molar-refractivity contribution is 5.89. The minimum absolute atomic E-state index is 0.217. The third-order valence-electron chi connectivity index (χ3n) is 4.74. The molecule has 0 atom stereocenters. The SMILES string of the molecule is COc1ccc(CC2(Cc3ccc(OC)cc3)CN(C)C2=O)cc1. The Kier molecular flexibility index (Phi) is 4.47. The second-order valence-electron chi connectivity index (χ2n) is 6.49. The lowest BCUT2D eigenvalue weighted by molar-refractivity contribution is -0.157. The molecule has 0 bridgehead atoms. The first-order valence-corrected chi connectivity index (χ1v) is 8.08. The van der Waals surface area contributed by atoms with Gasteiger partial charge in [0.15, 0.2) is 0 Å². The van der Waals surface area contributed by atoms with Gasteiger partial charge in [-0.3, -0.25) is 4.79 Å². The molecule has 0 aromatic heterocycles. The van der Waals surface area contributed by atoms with E-state index in [1.54, 1.807) is 19.1 Å². The fourth-order valence-corrected chi connectivity index (χ4v) is 3.50. The average Bonchev–Trinajstić information content (AvgIpc) is 2.62. The van der Waals surface area contributed by atoms with E-state index < -0.39 is 0 Å². The first-order valence-electron chi connectivity index (χ1n) is 8.08. The Bertz CT molecular complexity index is 657. The molecule has 1 amide bonds. The molecule has 3 rings (SSSR count). The van der Waals surface area contributed by atoms with E-state index >= 15 is 0 Å². The molecule has 2 aromatic rings. The van der Waals surface area contributed by atoms with E-state index in [2.05, 4.69) is 0 Å². The Morgan fingerprint density at radius 3 is 1.58 bits per heavy atom. The number of amides is 1. The summed E-state index contributed by atoms with van der Waals surface area (Å²) in [5, 5.41) is 0. The summed E-state index contributed by atoms with van der Waals surface area (Å²) in [7, 11) is 5.18. The monoisotopic (exact) mass is 325 g/mol. The quantitative estimate of drug-likeness (QED) is 0.767. The van der Waals surface area contributed by atoms with Crippen LogP contribution in [0.2, 0.25) is 0 Å². The Balaban J connectivity index is 1.80. The average molecular weight is 325 g/mol. The van der Waals surface area contributed by atoms with E-state index in [0.717, 1.165) is 42.0 Å². The lowest BCUT2D eigenvalue weighted by atomic mass is 9.70. The first kappa shape index (κ1) is 16.4. The van der Waals surface area contributed by atoms with Crippen molar-refractivity contribution in [1.29, 1.82) is 0 Å². The number of carbonyl (C=O) groups excluding carboxylic acids is 1. The molecule has 1 aliphatic heterocycles. The van der Waals surface area contributed by atoms with Crippen molar-refractivity contribution in [3.63, 3.8) is 0 Å². The Morgan fingerprint density at radius 1 is 0.875 bits per heavy atom. The predicted molar refractivity (Wildman–Crippen MR) is 93.5 cm³/mol. The van der Waals surface area contributed by atoms with Crippen LogP contribution in [0.25, 0.3) is 0 Å². The van der Waals surface area contributed by atoms with E-state index in [0.29, 0.717) is 0 Å². The lowest BCUT2D eigenvalue weighted by Gasteiger charge is -2.47. The summed E-state index contributed by atoms with van der Waals surface area (Å²) in [6.45, 7) is 0.782. The molecule has 4 nitrogen and oxygen atoms in total. The van der Waals surface area contributed by atoms with Crippen LogP contribution in [0.3, 0.4) is 0 Å². The van der Waals surface area contributed by atoms with Crippen molar-refractivity contribution < 1.29 is 14.3 Å². The van der Waals surface area contributed by atoms with Crippen molar-refractivity contribution in [2.24, 2.45) is 5.41 Å². The summed E-state index contributed by atoms with van der Waals surface area (Å²) < 4.78 is 10.4. The molecule has 2 aromatic carbocycles. The van der Waals surface area contributed by atoms with Crippen LogP contribution in [0.5, 0.6) is 11.5 Å². The summed E-state index contributed by atoms with van der Waals surface area (Å²) in [5.41, 5.74) is 1.97. The molecule has 0 N–H and O–H groups in total. The van der Waals surface area contributed by atoms with Gasteiger partial charge in [0.25, 0.3) is 0 Å². The number of rotatable bonds is 6. The van der Waals surface area contributed by atoms with Gasteiger partial charge in [0, 0.05) is 13.6 Å². The highest BCUT2D eigenvalue weighted by Crippen LogP contribution is 2.38. The number of hydrogen-bond acceptors (Lipinski definition) is 3. The molecule has 0 radical (unpaired) electrons. The molecule has 126 valence electrons. The van der Waals surface area contributed by atoms with Gasteiger partial charge in [0.05, 0.1) is 19.6 Å². The fourth-order valence-electron chi connectivity index (χ4n) is 3.50. The minimum atomic E-state index is -0.349. The Labute approximate surface area is 143 Å². The maximum Gasteiger partial charge on any atom is 0.231 e. The van der Waals surface area contributed by atoms with Crippen molar-refractivity contribution >= 4 is 5.91 Å². The first-order chi connectivity index (χ1) is 11.6. The van der Waals surface area contributed by atoms with Crippen LogP contribution in [0, 0.1) is 5.41 Å². The molecule has 24 heavy (non-hydrogen) atoms. The molecular weight excluding hydrogens is 302 g/mol. The number of hydrogen-bond donors (Lipinski definition) is 0. The van der Waals surface area contributed by atoms with Crippen LogP contribution < -0.4 is 9.47 Å². The molecule has 0 spiro atoms. The van der Waals surface area contributed by atoms with E-state index in [1.165, 1.54) is 0 Å². The third kappa shape index (κ3) is 3.09. The topological polar surface area (TPSA) is 38.8 Å². The van der Waals surface area contributed by atoms with Gasteiger partial charge >= 0.3 is 0 Å². The summed E-state index contributed by atoms with van der Waals surface area (Å²) in [6.07, 6.45) is 1.48. The normalized spacial score (nSPS) is 15.8. The van der Waals surface area contributed by atoms with Gasteiger partial charge in [-0.15, -0.1) is 0 Å². The molecule has 1 saturated heterocycles. The largest absolute Gasteiger partial charge is 0.497 e. The zero-order valence-corrected chi connectivity index (χ0v) is 14.4. The molecule has 0 saturated carbocycles. The highest BCUT2D eigenvalue weighted by atomic mass is 16.5. The van der Waals surface area contributed by atoms with Crippen LogP contribution in [0.1, 0.15) is 11.1 Å². The van der Waals surface area contributed by atoms with Gasteiger partial charge in [0.1, 0.15) is 11.5 Å². The van der Waals surface area contributed by atoms with Crippen LogP contribution in [-0.4, -0.2) is 38.6 Å². The van der Waals surface area contributed by atoms with Crippen molar-refractivity contribution in [2.75, 3.05) is 27.8 Å². The zero-order chi connectivity index (χ0) is 17.2. The minimum Gasteiger partial charge on any atom is -0.497 e. The lowest BCUT2D eigenvalue weighted by Crippen LogP contribution is -2.61. The van der Waals surface area contributed by atoms with Crippen LogP contribution in [-0.2, 0) is 17.6 Å². The van der Waals surface area contributed by atoms with Gasteiger partial charge < -0.3 is 14.4 Å². The number of nitrogens with zero attached hydrogens (tertiary/aromatic N) is 1. The standard InChI is InChI=1S/C20H23NO3/c1-21-14-20(19(21)22,12-15-4-8-17(23-2)9-5-15)13-16-6-10-18(24-3)11-7-16/h4-11H,12-14H2,1-3H3. The maximum atomic E-state index is 12.6. The molecule has 1 heterocycles. The van der Waals surface area contributed by atoms with Crippen molar-refractivity contribution in [3.8, 4) is 11.5 Å². The van der Waals surface area contributed by atoms with E-state index in [9.17, 15) is 4.79 Å². The smallest absolute Gasteiger partial charge is 0.231 e. The predicted octanol–water partition coefficient (Wildman–Crippen LogP) is 2.95. The number of benzene rings is 2. The number of methoxy groups -OCH3 is 2. The summed E-state index contributed by atoms with van der Waals surface area (Å²) >= 11 is 0. The summed E-state index contributed by atoms with van der Waals surface area (Å²) in [6, 6.07) is 16.0. The maximum absolute atomic E-state index is 12.6. The molecule has 1 aliphatic rings. The van der Waals surface area contributed by atoms with Gasteiger partial charge in [0.2, 0.25) is 5.91 Å². The van der Waals surface area contributed by atoms with Crippen molar-refractivity contribution in [1.82, 2.24) is 4.90 Å². The van der Waals surface area contributed by atoms with Crippen LogP contribution in [0.15, 0.2) is 48.5 Å². The Hall–Kier alpha value is -2.49. The van der Waals surface area contributed by atoms with Crippen LogP contribution >= 0.6 is 0 Å². The number of ether oxygens (including phenoxy) is 2. The second-order valence-corrected chi connectivity index (χ2v) is 6.49. The third-order valence-corrected chi connectivity index (χ3v) is 4.74. The summed E-state index contributed by atoms with van der Waals surface area (Å²) in [4.78, 5) is 14.4. The highest BCUT2D eigenvalue weighted by Gasteiger charge is 2.49. The zero-order valence-electron chi connectivity index (χ0n) is 14.4. The number of carbonyl (C=O) groups is 1. The second kappa shape index (κ2) is 6.56. The van der Waals surface area contributed by atoms with Crippen molar-refractivity contribution in [2.45, 2.75) is 12.8 Å². The molecule has 0 aliphatic carbocycles. The van der Waals surface area contributed by atoms with E-state index in [4.69, 9.17) is 9.47 Å². The number of β-lactam (4-membered cyclic amide) rings is 1. The van der Waals surface area contributed by atoms with E-state index in [-0.39, 0.29) is 11.3 Å². The van der Waals surface area contributed by atoms with E-state index in [1.807, 2.05) is 55.6 Å². The molecule has 4 heteroatoms. The molecule has 1 fully saturated rings. The van der Waals surface area contributed by atoms with Gasteiger partial charge in [-0.05, 0) is 48.2 Å². The van der Waals surface area contributed by atoms with Gasteiger partial charge in [-0.2, -0.15) is 0 Å². The van der Waals surface area contributed by atoms with Gasteiger partial charge in [-0.1, -0.05) is 24.3 Å². The van der Waals surface area contributed by atoms with Gasteiger partial charge in [-0.25, -0.2) is 0 Å². The molecule has 0 unspecified atom stereocenters. The van der Waals surface area contributed by atoms with Crippen molar-refractivity contribution in [3.05, 3.63) is 59.7 Å². The summed E-state index contributed by atoms with van der Waals surface area (Å²) in [5.74, 6) is 1.88. The number of likely N-dealkylation sites (tertiary alicyclic amines) is 1. The van der Waals surface area contributed by atoms with Crippen LogP contribution in [0.4, 0.5) is 0 Å².